The molecule has 0 bridgehead atoms. The molecule has 4 aromatic rings. The average molecular weight is 378 g/mol. The van der Waals surface area contributed by atoms with Gasteiger partial charge in [-0.1, -0.05) is 12.1 Å². The minimum absolute atomic E-state index is 0.191. The van der Waals surface area contributed by atoms with Gasteiger partial charge in [0, 0.05) is 22.5 Å². The lowest BCUT2D eigenvalue weighted by molar-refractivity contribution is 0.477. The molecule has 2 aromatic carbocycles. The van der Waals surface area contributed by atoms with E-state index in [2.05, 4.69) is 6.07 Å². The third-order valence-corrected chi connectivity index (χ3v) is 6.21. The standard InChI is InChI=1S/C22H19FN2OS/c23-17-9-14(4-3-13(17)5-7-24)20-18(26)10-16(12-1-2-12)22-21(20)15-6-8-27-19(15)11-25-22/h3-4,6,8-12,26H,1-2,5,7,24H2. The Balaban J connectivity index is 1.84. The summed E-state index contributed by atoms with van der Waals surface area (Å²) in [5.41, 5.74) is 9.50. The molecule has 0 saturated heterocycles. The van der Waals surface area contributed by atoms with E-state index in [0.717, 1.165) is 39.4 Å². The number of fused-ring (bicyclic) bond motifs is 3. The topological polar surface area (TPSA) is 59.1 Å². The SMILES string of the molecule is NCCc1ccc(-c2c(O)cc(C3CC3)c3ncc4sccc4c23)cc1F. The molecule has 1 fully saturated rings. The van der Waals surface area contributed by atoms with Crippen molar-refractivity contribution in [3.8, 4) is 16.9 Å². The Morgan fingerprint density at radius 3 is 2.81 bits per heavy atom. The summed E-state index contributed by atoms with van der Waals surface area (Å²) in [6.07, 6.45) is 4.65. The molecule has 136 valence electrons. The number of phenolic OH excluding ortho intramolecular Hbond substituents is 1. The van der Waals surface area contributed by atoms with E-state index in [4.69, 9.17) is 10.7 Å². The van der Waals surface area contributed by atoms with Gasteiger partial charge in [0.15, 0.2) is 0 Å². The van der Waals surface area contributed by atoms with Crippen molar-refractivity contribution in [3.05, 3.63) is 58.9 Å². The van der Waals surface area contributed by atoms with Crippen LogP contribution in [-0.2, 0) is 6.42 Å². The summed E-state index contributed by atoms with van der Waals surface area (Å²) in [5.74, 6) is 0.359. The smallest absolute Gasteiger partial charge is 0.127 e. The van der Waals surface area contributed by atoms with Crippen LogP contribution in [0.25, 0.3) is 32.1 Å². The van der Waals surface area contributed by atoms with Crippen LogP contribution < -0.4 is 5.73 Å². The monoisotopic (exact) mass is 378 g/mol. The molecule has 0 atom stereocenters. The number of benzene rings is 2. The molecular formula is C22H19FN2OS. The number of aromatic hydroxyl groups is 1. The van der Waals surface area contributed by atoms with E-state index in [1.807, 2.05) is 23.7 Å². The molecule has 0 aliphatic heterocycles. The fourth-order valence-corrected chi connectivity index (χ4v) is 4.65. The van der Waals surface area contributed by atoms with Gasteiger partial charge in [0.2, 0.25) is 0 Å². The molecule has 2 heterocycles. The highest BCUT2D eigenvalue weighted by Gasteiger charge is 2.29. The van der Waals surface area contributed by atoms with Gasteiger partial charge in [0.05, 0.1) is 10.2 Å². The molecule has 1 aliphatic rings. The van der Waals surface area contributed by atoms with Gasteiger partial charge >= 0.3 is 0 Å². The first-order chi connectivity index (χ1) is 13.2. The molecular weight excluding hydrogens is 359 g/mol. The van der Waals surface area contributed by atoms with Crippen molar-refractivity contribution in [1.82, 2.24) is 4.98 Å². The fraction of sp³-hybridized carbons (Fsp3) is 0.227. The van der Waals surface area contributed by atoms with Gasteiger partial charge in [0.25, 0.3) is 0 Å². The molecule has 27 heavy (non-hydrogen) atoms. The quantitative estimate of drug-likeness (QED) is 0.504. The summed E-state index contributed by atoms with van der Waals surface area (Å²) in [5, 5.41) is 14.9. The first kappa shape index (κ1) is 16.7. The summed E-state index contributed by atoms with van der Waals surface area (Å²) >= 11 is 1.62. The minimum atomic E-state index is -0.290. The first-order valence-electron chi connectivity index (χ1n) is 9.18. The summed E-state index contributed by atoms with van der Waals surface area (Å²) in [7, 11) is 0. The lowest BCUT2D eigenvalue weighted by Gasteiger charge is -2.15. The number of halogens is 1. The Morgan fingerprint density at radius 2 is 2.07 bits per heavy atom. The van der Waals surface area contributed by atoms with Gasteiger partial charge in [-0.3, -0.25) is 4.98 Å². The maximum absolute atomic E-state index is 14.6. The predicted molar refractivity (Wildman–Crippen MR) is 109 cm³/mol. The summed E-state index contributed by atoms with van der Waals surface area (Å²) < 4.78 is 15.6. The number of hydrogen-bond donors (Lipinski definition) is 2. The number of pyridine rings is 1. The van der Waals surface area contributed by atoms with Crippen molar-refractivity contribution in [2.45, 2.75) is 25.2 Å². The number of hydrogen-bond acceptors (Lipinski definition) is 4. The second-order valence-corrected chi connectivity index (χ2v) is 8.11. The maximum atomic E-state index is 14.6. The number of nitrogens with two attached hydrogens (primary N) is 1. The van der Waals surface area contributed by atoms with Crippen molar-refractivity contribution in [2.75, 3.05) is 6.54 Å². The Kier molecular flexibility index (Phi) is 3.88. The van der Waals surface area contributed by atoms with Crippen molar-refractivity contribution >= 4 is 32.3 Å². The molecule has 0 radical (unpaired) electrons. The van der Waals surface area contributed by atoms with E-state index in [-0.39, 0.29) is 11.6 Å². The van der Waals surface area contributed by atoms with Gasteiger partial charge in [-0.15, -0.1) is 11.3 Å². The molecule has 0 amide bonds. The highest BCUT2D eigenvalue weighted by Crippen LogP contribution is 2.49. The van der Waals surface area contributed by atoms with Crippen LogP contribution in [0.4, 0.5) is 4.39 Å². The second kappa shape index (κ2) is 6.29. The Bertz CT molecular complexity index is 1180. The Hall–Kier alpha value is -2.50. The van der Waals surface area contributed by atoms with Crippen molar-refractivity contribution in [1.29, 1.82) is 0 Å². The van der Waals surface area contributed by atoms with Crippen LogP contribution in [0.2, 0.25) is 0 Å². The third-order valence-electron chi connectivity index (χ3n) is 5.36. The highest BCUT2D eigenvalue weighted by atomic mass is 32.1. The van der Waals surface area contributed by atoms with E-state index in [1.54, 1.807) is 17.4 Å². The molecule has 3 N–H and O–H groups in total. The number of phenols is 1. The molecule has 5 heteroatoms. The molecule has 1 saturated carbocycles. The van der Waals surface area contributed by atoms with Crippen molar-refractivity contribution in [3.63, 3.8) is 0 Å². The van der Waals surface area contributed by atoms with Gasteiger partial charge in [-0.2, -0.15) is 0 Å². The number of aromatic nitrogens is 1. The van der Waals surface area contributed by atoms with Gasteiger partial charge < -0.3 is 10.8 Å². The number of nitrogens with zero attached hydrogens (tertiary/aromatic N) is 1. The molecule has 1 aliphatic carbocycles. The summed E-state index contributed by atoms with van der Waals surface area (Å²) in [4.78, 5) is 4.73. The van der Waals surface area contributed by atoms with Gasteiger partial charge in [-0.25, -0.2) is 4.39 Å². The minimum Gasteiger partial charge on any atom is -0.507 e. The van der Waals surface area contributed by atoms with Crippen molar-refractivity contribution < 1.29 is 9.50 Å². The number of rotatable bonds is 4. The van der Waals surface area contributed by atoms with E-state index in [0.29, 0.717) is 35.6 Å². The largest absolute Gasteiger partial charge is 0.507 e. The molecule has 3 nitrogen and oxygen atoms in total. The van der Waals surface area contributed by atoms with Gasteiger partial charge in [0.1, 0.15) is 11.6 Å². The zero-order chi connectivity index (χ0) is 18.5. The normalized spacial score (nSPS) is 14.3. The lowest BCUT2D eigenvalue weighted by atomic mass is 9.92. The Labute approximate surface area is 160 Å². The van der Waals surface area contributed by atoms with E-state index in [9.17, 15) is 9.50 Å². The zero-order valence-electron chi connectivity index (χ0n) is 14.7. The predicted octanol–water partition coefficient (Wildman–Crippen LogP) is 5.34. The summed E-state index contributed by atoms with van der Waals surface area (Å²) in [6, 6.07) is 9.01. The zero-order valence-corrected chi connectivity index (χ0v) is 15.5. The number of thiophene rings is 1. The second-order valence-electron chi connectivity index (χ2n) is 7.16. The van der Waals surface area contributed by atoms with Crippen LogP contribution in [0, 0.1) is 5.82 Å². The van der Waals surface area contributed by atoms with Crippen LogP contribution >= 0.6 is 11.3 Å². The lowest BCUT2D eigenvalue weighted by Crippen LogP contribution is -2.04. The van der Waals surface area contributed by atoms with E-state index >= 15 is 0 Å². The van der Waals surface area contributed by atoms with Crippen LogP contribution in [0.15, 0.2) is 41.9 Å². The molecule has 2 aromatic heterocycles. The van der Waals surface area contributed by atoms with Crippen LogP contribution in [0.3, 0.4) is 0 Å². The maximum Gasteiger partial charge on any atom is 0.127 e. The summed E-state index contributed by atoms with van der Waals surface area (Å²) in [6.45, 7) is 0.403. The fourth-order valence-electron chi connectivity index (χ4n) is 3.89. The van der Waals surface area contributed by atoms with Crippen LogP contribution in [-0.4, -0.2) is 16.6 Å². The Morgan fingerprint density at radius 1 is 1.22 bits per heavy atom. The molecule has 0 spiro atoms. The first-order valence-corrected chi connectivity index (χ1v) is 10.1. The van der Waals surface area contributed by atoms with Crippen LogP contribution in [0.5, 0.6) is 5.75 Å². The van der Waals surface area contributed by atoms with Crippen molar-refractivity contribution in [2.24, 2.45) is 5.73 Å². The van der Waals surface area contributed by atoms with Gasteiger partial charge in [-0.05, 0) is 72.0 Å². The molecule has 0 unspecified atom stereocenters. The van der Waals surface area contributed by atoms with E-state index in [1.165, 1.54) is 6.07 Å². The highest BCUT2D eigenvalue weighted by molar-refractivity contribution is 7.17. The van der Waals surface area contributed by atoms with E-state index < -0.39 is 0 Å². The van der Waals surface area contributed by atoms with Crippen LogP contribution in [0.1, 0.15) is 29.9 Å². The average Bonchev–Trinajstić information content (AvgIpc) is 3.39. The third kappa shape index (κ3) is 2.69. The molecule has 5 rings (SSSR count).